The summed E-state index contributed by atoms with van der Waals surface area (Å²) >= 11 is 3.07. The molecule has 7 aromatic rings. The minimum atomic E-state index is -0.336. The van der Waals surface area contributed by atoms with Crippen LogP contribution in [0.2, 0.25) is 0 Å². The lowest BCUT2D eigenvalue weighted by Crippen LogP contribution is -2.26. The highest BCUT2D eigenvalue weighted by Crippen LogP contribution is 2.63. The van der Waals surface area contributed by atoms with Crippen LogP contribution in [0.1, 0.15) is 68.9 Å². The first-order valence-electron chi connectivity index (χ1n) is 17.9. The number of rotatable bonds is 2. The zero-order valence-electron chi connectivity index (χ0n) is 30.8. The second kappa shape index (κ2) is 14.0. The summed E-state index contributed by atoms with van der Waals surface area (Å²) in [5.74, 6) is 0. The average Bonchev–Trinajstić information content (AvgIpc) is 3.60. The molecule has 0 aromatic heterocycles. The summed E-state index contributed by atoms with van der Waals surface area (Å²) in [6.07, 6.45) is 5.25. The largest absolute Gasteiger partial charge is 0.278 e. The molecule has 1 spiro atoms. The molecule has 0 saturated heterocycles. The average molecular weight is 702 g/mol. The Labute approximate surface area is 312 Å². The molecule has 0 fully saturated rings. The van der Waals surface area contributed by atoms with Crippen LogP contribution in [0.5, 0.6) is 0 Å². The molecule has 51 heavy (non-hydrogen) atoms. The van der Waals surface area contributed by atoms with E-state index in [-0.39, 0.29) is 10.8 Å². The topological polar surface area (TPSA) is 26.0 Å². The molecule has 0 heterocycles. The Hall–Kier alpha value is -4.28. The maximum absolute atomic E-state index is 4.76. The number of benzene rings is 7. The van der Waals surface area contributed by atoms with E-state index >= 15 is 0 Å². The number of hydrogen-bond acceptors (Lipinski definition) is 3. The third-order valence-corrected chi connectivity index (χ3v) is 11.0. The first-order valence-corrected chi connectivity index (χ1v) is 20.4. The van der Waals surface area contributed by atoms with Crippen molar-refractivity contribution < 1.29 is 0 Å². The molecular weight excluding hydrogens is 655 g/mol. The van der Waals surface area contributed by atoms with E-state index in [1.54, 1.807) is 0 Å². The lowest BCUT2D eigenvalue weighted by molar-refractivity contribution is 0.591. The van der Waals surface area contributed by atoms with Crippen LogP contribution in [0.25, 0.3) is 54.9 Å². The number of fused-ring (bicyclic) bond motifs is 12. The summed E-state index contributed by atoms with van der Waals surface area (Å²) < 4.78 is 0. The molecular formula is C48H47NS2. The highest BCUT2D eigenvalue weighted by Gasteiger charge is 2.51. The van der Waals surface area contributed by atoms with E-state index in [1.807, 2.05) is 18.0 Å². The second-order valence-electron chi connectivity index (χ2n) is 14.7. The van der Waals surface area contributed by atoms with Gasteiger partial charge < -0.3 is 0 Å². The fourth-order valence-electron chi connectivity index (χ4n) is 8.07. The van der Waals surface area contributed by atoms with Crippen molar-refractivity contribution in [1.29, 1.82) is 0 Å². The normalized spacial score (nSPS) is 13.1. The maximum Gasteiger partial charge on any atom is 0.0726 e. The third kappa shape index (κ3) is 5.90. The van der Waals surface area contributed by atoms with Crippen LogP contribution in [0.15, 0.2) is 138 Å². The van der Waals surface area contributed by atoms with Crippen LogP contribution >= 0.6 is 23.7 Å². The molecule has 3 heteroatoms. The van der Waals surface area contributed by atoms with Gasteiger partial charge >= 0.3 is 0 Å². The van der Waals surface area contributed by atoms with E-state index < -0.39 is 0 Å². The maximum atomic E-state index is 4.76. The van der Waals surface area contributed by atoms with Gasteiger partial charge in [0.15, 0.2) is 0 Å². The van der Waals surface area contributed by atoms with Gasteiger partial charge in [0, 0.05) is 4.90 Å². The van der Waals surface area contributed by atoms with Crippen molar-refractivity contribution in [2.75, 3.05) is 12.5 Å². The van der Waals surface area contributed by atoms with Gasteiger partial charge in [-0.05, 0) is 137 Å². The summed E-state index contributed by atoms with van der Waals surface area (Å²) in [6.45, 7) is 11.1. The van der Waals surface area contributed by atoms with Gasteiger partial charge in [-0.2, -0.15) is 0 Å². The van der Waals surface area contributed by atoms with Gasteiger partial charge in [0.25, 0.3) is 0 Å². The SMILES string of the molecule is CCC.CSN.CSc1ccc2c(c1)C1(c3ccccc3-c3ccccc31)c1cc(-c3ccc4cc5cc(C(C)(C)C)ccc5cc4c3)ccc1-2. The van der Waals surface area contributed by atoms with Crippen LogP contribution in [0.3, 0.4) is 0 Å². The molecule has 2 N–H and O–H groups in total. The molecule has 2 aliphatic carbocycles. The van der Waals surface area contributed by atoms with Crippen LogP contribution < -0.4 is 5.14 Å². The minimum absolute atomic E-state index is 0.134. The summed E-state index contributed by atoms with van der Waals surface area (Å²) in [5.41, 5.74) is 14.6. The quantitative estimate of drug-likeness (QED) is 0.110. The van der Waals surface area contributed by atoms with E-state index in [9.17, 15) is 0 Å². The summed E-state index contributed by atoms with van der Waals surface area (Å²) in [4.78, 5) is 1.30. The zero-order valence-corrected chi connectivity index (χ0v) is 32.4. The Morgan fingerprint density at radius 1 is 0.510 bits per heavy atom. The lowest BCUT2D eigenvalue weighted by atomic mass is 9.70. The summed E-state index contributed by atoms with van der Waals surface area (Å²) in [5, 5.41) is 9.93. The predicted octanol–water partition coefficient (Wildman–Crippen LogP) is 13.7. The zero-order chi connectivity index (χ0) is 35.9. The molecule has 0 saturated carbocycles. The van der Waals surface area contributed by atoms with Crippen molar-refractivity contribution in [3.8, 4) is 33.4 Å². The van der Waals surface area contributed by atoms with Crippen molar-refractivity contribution >= 4 is 45.3 Å². The number of hydrogen-bond donors (Lipinski definition) is 1. The van der Waals surface area contributed by atoms with E-state index in [4.69, 9.17) is 5.14 Å². The van der Waals surface area contributed by atoms with Crippen molar-refractivity contribution in [2.24, 2.45) is 5.14 Å². The summed E-state index contributed by atoms with van der Waals surface area (Å²) in [7, 11) is 0. The molecule has 2 aliphatic rings. The van der Waals surface area contributed by atoms with Gasteiger partial charge in [0.05, 0.1) is 5.41 Å². The van der Waals surface area contributed by atoms with Crippen LogP contribution in [-0.2, 0) is 10.8 Å². The minimum Gasteiger partial charge on any atom is -0.278 e. The molecule has 256 valence electrons. The van der Waals surface area contributed by atoms with E-state index in [0.29, 0.717) is 0 Å². The predicted molar refractivity (Wildman–Crippen MR) is 227 cm³/mol. The van der Waals surface area contributed by atoms with Crippen LogP contribution in [-0.4, -0.2) is 12.5 Å². The van der Waals surface area contributed by atoms with E-state index in [1.165, 1.54) is 106 Å². The molecule has 9 rings (SSSR count). The van der Waals surface area contributed by atoms with Crippen LogP contribution in [0, 0.1) is 0 Å². The highest BCUT2D eigenvalue weighted by atomic mass is 32.2. The Morgan fingerprint density at radius 2 is 0.980 bits per heavy atom. The monoisotopic (exact) mass is 701 g/mol. The smallest absolute Gasteiger partial charge is 0.0726 e. The fourth-order valence-corrected chi connectivity index (χ4v) is 8.51. The Balaban J connectivity index is 0.000000635. The first kappa shape index (κ1) is 35.1. The Bertz CT molecular complexity index is 2350. The summed E-state index contributed by atoms with van der Waals surface area (Å²) in [6, 6.07) is 51.0. The van der Waals surface area contributed by atoms with E-state index in [0.717, 1.165) is 0 Å². The second-order valence-corrected chi connectivity index (χ2v) is 16.0. The van der Waals surface area contributed by atoms with Crippen LogP contribution in [0.4, 0.5) is 0 Å². The van der Waals surface area contributed by atoms with Crippen molar-refractivity contribution in [2.45, 2.75) is 56.8 Å². The highest BCUT2D eigenvalue weighted by molar-refractivity contribution is 7.98. The number of thioether (sulfide) groups is 1. The van der Waals surface area contributed by atoms with Gasteiger partial charge in [0.2, 0.25) is 0 Å². The molecule has 0 radical (unpaired) electrons. The van der Waals surface area contributed by atoms with Gasteiger partial charge in [-0.15, -0.1) is 11.8 Å². The van der Waals surface area contributed by atoms with E-state index in [2.05, 4.69) is 174 Å². The molecule has 0 amide bonds. The Morgan fingerprint density at radius 3 is 1.57 bits per heavy atom. The standard InChI is InChI=1S/C44H34S.C3H8.CH5NS/c1-43(2,3)33-17-15-29-22-31-21-27(13-14-28(31)23-32(29)24-33)30-16-19-37-38-20-18-34(45-4)26-42(38)44(41(37)25-30)39-11-7-5-9-35(39)36-10-6-8-12-40(36)44;2*1-3-2/h5-26H,1-4H3;3H2,1-2H3;2H2,1H3. The molecule has 0 atom stereocenters. The van der Waals surface area contributed by atoms with Crippen molar-refractivity contribution in [1.82, 2.24) is 0 Å². The molecule has 0 bridgehead atoms. The third-order valence-electron chi connectivity index (χ3n) is 10.3. The molecule has 0 unspecified atom stereocenters. The lowest BCUT2D eigenvalue weighted by Gasteiger charge is -2.31. The first-order chi connectivity index (χ1) is 24.7. The van der Waals surface area contributed by atoms with Gasteiger partial charge in [-0.1, -0.05) is 150 Å². The molecule has 0 aliphatic heterocycles. The number of nitrogens with two attached hydrogens (primary N) is 1. The molecule has 7 aromatic carbocycles. The fraction of sp³-hybridized carbons (Fsp3) is 0.208. The van der Waals surface area contributed by atoms with Crippen molar-refractivity contribution in [3.63, 3.8) is 0 Å². The van der Waals surface area contributed by atoms with Gasteiger partial charge in [-0.3, -0.25) is 5.14 Å². The Kier molecular flexibility index (Phi) is 9.67. The molecule has 1 nitrogen and oxygen atoms in total. The van der Waals surface area contributed by atoms with Gasteiger partial charge in [0.1, 0.15) is 0 Å². The van der Waals surface area contributed by atoms with Gasteiger partial charge in [-0.25, -0.2) is 0 Å². The van der Waals surface area contributed by atoms with Crippen molar-refractivity contribution in [3.05, 3.63) is 161 Å².